The van der Waals surface area contributed by atoms with Crippen molar-refractivity contribution in [2.45, 2.75) is 40.5 Å². The van der Waals surface area contributed by atoms with Crippen molar-refractivity contribution in [1.29, 1.82) is 0 Å². The van der Waals surface area contributed by atoms with Gasteiger partial charge in [0.1, 0.15) is 11.6 Å². The summed E-state index contributed by atoms with van der Waals surface area (Å²) in [6.45, 7) is 8.82. The first-order valence-corrected chi connectivity index (χ1v) is 8.47. The zero-order valence-electron chi connectivity index (χ0n) is 15.1. The van der Waals surface area contributed by atoms with Crippen molar-refractivity contribution in [3.8, 4) is 11.4 Å². The summed E-state index contributed by atoms with van der Waals surface area (Å²) < 4.78 is 5.21. The zero-order valence-corrected chi connectivity index (χ0v) is 15.1. The molecule has 130 valence electrons. The van der Waals surface area contributed by atoms with Crippen molar-refractivity contribution < 1.29 is 4.52 Å². The highest BCUT2D eigenvalue weighted by molar-refractivity contribution is 5.58. The second kappa shape index (κ2) is 7.42. The Bertz CT molecular complexity index is 838. The molecule has 3 aromatic rings. The predicted molar refractivity (Wildman–Crippen MR) is 97.5 cm³/mol. The van der Waals surface area contributed by atoms with Gasteiger partial charge in [0, 0.05) is 41.3 Å². The van der Waals surface area contributed by atoms with Crippen molar-refractivity contribution in [3.63, 3.8) is 0 Å². The zero-order chi connectivity index (χ0) is 17.8. The van der Waals surface area contributed by atoms with E-state index in [1.54, 1.807) is 12.4 Å². The van der Waals surface area contributed by atoms with Gasteiger partial charge in [0.2, 0.25) is 0 Å². The Morgan fingerprint density at radius 1 is 1.08 bits per heavy atom. The van der Waals surface area contributed by atoms with Crippen molar-refractivity contribution in [2.24, 2.45) is 0 Å². The van der Waals surface area contributed by atoms with Crippen LogP contribution in [0.4, 0.5) is 5.82 Å². The van der Waals surface area contributed by atoms with E-state index in [0.717, 1.165) is 53.5 Å². The minimum absolute atomic E-state index is 0.699. The molecule has 0 saturated heterocycles. The minimum atomic E-state index is 0.699. The van der Waals surface area contributed by atoms with Gasteiger partial charge in [-0.1, -0.05) is 5.16 Å². The summed E-state index contributed by atoms with van der Waals surface area (Å²) in [6.07, 6.45) is 5.45. The van der Waals surface area contributed by atoms with Crippen LogP contribution in [0.15, 0.2) is 29.0 Å². The highest BCUT2D eigenvalue weighted by Gasteiger charge is 2.11. The summed E-state index contributed by atoms with van der Waals surface area (Å²) >= 11 is 0. The number of anilines is 1. The fourth-order valence-electron chi connectivity index (χ4n) is 2.76. The lowest BCUT2D eigenvalue weighted by molar-refractivity contribution is 0.392. The number of aryl methyl sites for hydroxylation is 3. The predicted octanol–water partition coefficient (Wildman–Crippen LogP) is 3.80. The normalized spacial score (nSPS) is 10.9. The molecule has 25 heavy (non-hydrogen) atoms. The van der Waals surface area contributed by atoms with E-state index in [1.165, 1.54) is 5.56 Å². The van der Waals surface area contributed by atoms with Crippen LogP contribution in [-0.2, 0) is 6.42 Å². The molecule has 0 atom stereocenters. The van der Waals surface area contributed by atoms with Crippen LogP contribution in [0.3, 0.4) is 0 Å². The molecule has 0 bridgehead atoms. The Morgan fingerprint density at radius 3 is 2.60 bits per heavy atom. The van der Waals surface area contributed by atoms with E-state index in [0.29, 0.717) is 5.82 Å². The lowest BCUT2D eigenvalue weighted by Crippen LogP contribution is -2.09. The van der Waals surface area contributed by atoms with Crippen LogP contribution in [0.5, 0.6) is 0 Å². The number of rotatable bonds is 6. The van der Waals surface area contributed by atoms with Crippen molar-refractivity contribution in [2.75, 3.05) is 11.9 Å². The lowest BCUT2D eigenvalue weighted by Gasteiger charge is -2.12. The average Bonchev–Trinajstić information content (AvgIpc) is 2.94. The Hall–Kier alpha value is -2.76. The molecule has 0 aliphatic rings. The molecule has 0 amide bonds. The first kappa shape index (κ1) is 17.1. The molecule has 1 N–H and O–H groups in total. The quantitative estimate of drug-likeness (QED) is 0.689. The summed E-state index contributed by atoms with van der Waals surface area (Å²) in [5, 5.41) is 7.44. The Balaban J connectivity index is 1.69. The van der Waals surface area contributed by atoms with Gasteiger partial charge in [-0.05, 0) is 52.7 Å². The van der Waals surface area contributed by atoms with Crippen LogP contribution in [0, 0.1) is 27.7 Å². The first-order valence-electron chi connectivity index (χ1n) is 8.47. The molecular weight excluding hydrogens is 314 g/mol. The van der Waals surface area contributed by atoms with Crippen LogP contribution >= 0.6 is 0 Å². The van der Waals surface area contributed by atoms with Gasteiger partial charge >= 0.3 is 0 Å². The molecule has 0 fully saturated rings. The smallest absolute Gasteiger partial charge is 0.163 e. The molecule has 6 nitrogen and oxygen atoms in total. The van der Waals surface area contributed by atoms with E-state index in [-0.39, 0.29) is 0 Å². The van der Waals surface area contributed by atoms with E-state index in [4.69, 9.17) is 4.52 Å². The summed E-state index contributed by atoms with van der Waals surface area (Å²) in [4.78, 5) is 13.4. The van der Waals surface area contributed by atoms with E-state index >= 15 is 0 Å². The van der Waals surface area contributed by atoms with E-state index < -0.39 is 0 Å². The van der Waals surface area contributed by atoms with Crippen molar-refractivity contribution >= 4 is 5.82 Å². The van der Waals surface area contributed by atoms with Gasteiger partial charge in [-0.3, -0.25) is 4.98 Å². The second-order valence-corrected chi connectivity index (χ2v) is 6.18. The lowest BCUT2D eigenvalue weighted by atomic mass is 10.1. The number of hydrogen-bond acceptors (Lipinski definition) is 6. The summed E-state index contributed by atoms with van der Waals surface area (Å²) in [5.74, 6) is 2.49. The van der Waals surface area contributed by atoms with Gasteiger partial charge in [0.15, 0.2) is 5.82 Å². The maximum Gasteiger partial charge on any atom is 0.163 e. The summed E-state index contributed by atoms with van der Waals surface area (Å²) in [7, 11) is 0. The van der Waals surface area contributed by atoms with Gasteiger partial charge in [0.05, 0.1) is 5.69 Å². The third kappa shape index (κ3) is 3.84. The number of aromatic nitrogens is 4. The maximum absolute atomic E-state index is 5.21. The molecule has 3 heterocycles. The van der Waals surface area contributed by atoms with Gasteiger partial charge in [-0.25, -0.2) is 9.97 Å². The second-order valence-electron chi connectivity index (χ2n) is 6.18. The standard InChI is InChI=1S/C19H23N5O/c1-12-13(2)22-19(16-7-5-9-20-11-16)23-18(12)21-10-6-8-17-14(3)24-25-15(17)4/h5,7,9,11H,6,8,10H2,1-4H3,(H,21,22,23). The summed E-state index contributed by atoms with van der Waals surface area (Å²) in [5.41, 5.74) is 5.15. The van der Waals surface area contributed by atoms with E-state index in [1.807, 2.05) is 39.8 Å². The Labute approximate surface area is 147 Å². The number of pyridine rings is 1. The Kier molecular flexibility index (Phi) is 5.07. The van der Waals surface area contributed by atoms with Gasteiger partial charge < -0.3 is 9.84 Å². The molecule has 0 saturated carbocycles. The molecule has 0 unspecified atom stereocenters. The molecule has 0 radical (unpaired) electrons. The van der Waals surface area contributed by atoms with Crippen LogP contribution in [-0.4, -0.2) is 26.7 Å². The first-order chi connectivity index (χ1) is 12.1. The van der Waals surface area contributed by atoms with Crippen LogP contribution in [0.25, 0.3) is 11.4 Å². The minimum Gasteiger partial charge on any atom is -0.370 e. The third-order valence-corrected chi connectivity index (χ3v) is 4.39. The van der Waals surface area contributed by atoms with E-state index in [2.05, 4.69) is 25.4 Å². The largest absolute Gasteiger partial charge is 0.370 e. The molecule has 6 heteroatoms. The fourth-order valence-corrected chi connectivity index (χ4v) is 2.76. The molecule has 0 aliphatic heterocycles. The average molecular weight is 337 g/mol. The topological polar surface area (TPSA) is 76.7 Å². The number of nitrogens with one attached hydrogen (secondary N) is 1. The summed E-state index contributed by atoms with van der Waals surface area (Å²) in [6, 6.07) is 3.86. The molecule has 3 rings (SSSR count). The Morgan fingerprint density at radius 2 is 1.92 bits per heavy atom. The molecule has 0 spiro atoms. The highest BCUT2D eigenvalue weighted by atomic mass is 16.5. The molecular formula is C19H23N5O. The molecule has 0 aliphatic carbocycles. The van der Waals surface area contributed by atoms with Gasteiger partial charge in [-0.2, -0.15) is 0 Å². The van der Waals surface area contributed by atoms with Crippen LogP contribution in [0.1, 0.15) is 34.7 Å². The SMILES string of the molecule is Cc1nc(-c2cccnc2)nc(NCCCc2c(C)noc2C)c1C. The number of nitrogens with zero attached hydrogens (tertiary/aromatic N) is 4. The van der Waals surface area contributed by atoms with Crippen LogP contribution in [0.2, 0.25) is 0 Å². The number of hydrogen-bond donors (Lipinski definition) is 1. The highest BCUT2D eigenvalue weighted by Crippen LogP contribution is 2.21. The fraction of sp³-hybridized carbons (Fsp3) is 0.368. The van der Waals surface area contributed by atoms with Crippen LogP contribution < -0.4 is 5.32 Å². The maximum atomic E-state index is 5.21. The van der Waals surface area contributed by atoms with Gasteiger partial charge in [-0.15, -0.1) is 0 Å². The third-order valence-electron chi connectivity index (χ3n) is 4.39. The monoisotopic (exact) mass is 337 g/mol. The van der Waals surface area contributed by atoms with E-state index in [9.17, 15) is 0 Å². The van der Waals surface area contributed by atoms with Crippen molar-refractivity contribution in [1.82, 2.24) is 20.1 Å². The molecule has 3 aromatic heterocycles. The van der Waals surface area contributed by atoms with Gasteiger partial charge in [0.25, 0.3) is 0 Å². The van der Waals surface area contributed by atoms with Crippen molar-refractivity contribution in [3.05, 3.63) is 52.8 Å². The molecule has 0 aromatic carbocycles.